The normalized spacial score (nSPS) is 17.5. The van der Waals surface area contributed by atoms with Gasteiger partial charge >= 0.3 is 11.9 Å². The van der Waals surface area contributed by atoms with E-state index in [9.17, 15) is 9.59 Å². The van der Waals surface area contributed by atoms with Gasteiger partial charge in [0.2, 0.25) is 12.0 Å². The fourth-order valence-corrected chi connectivity index (χ4v) is 1.01. The molecule has 1 rings (SSSR count). The summed E-state index contributed by atoms with van der Waals surface area (Å²) in [6.45, 7) is 1.03. The largest absolute Gasteiger partial charge is 0.392 e. The average molecular weight is 321 g/mol. The van der Waals surface area contributed by atoms with Crippen LogP contribution in [0.1, 0.15) is 6.92 Å². The first-order valence-electron chi connectivity index (χ1n) is 4.54. The molecule has 0 fully saturated rings. The van der Waals surface area contributed by atoms with E-state index in [2.05, 4.69) is 30.4 Å². The molecule has 0 aromatic carbocycles. The standard InChI is InChI=1S/C6H11N9O3.Cu/c1-2(16)18-4(17)3(10-5(7)11-9)6(8)12-14-15-13-6;/h3H,8-9H2,1H3,(H3,7,10,11);. The molecule has 1 heterocycles. The van der Waals surface area contributed by atoms with Crippen molar-refractivity contribution in [2.75, 3.05) is 0 Å². The summed E-state index contributed by atoms with van der Waals surface area (Å²) >= 11 is 0. The number of nitrogens with zero attached hydrogens (tertiary/aromatic N) is 5. The van der Waals surface area contributed by atoms with Gasteiger partial charge in [0, 0.05) is 24.0 Å². The zero-order chi connectivity index (χ0) is 13.8. The average Bonchev–Trinajstić information content (AvgIpc) is 2.72. The van der Waals surface area contributed by atoms with Crippen molar-refractivity contribution < 1.29 is 31.4 Å². The van der Waals surface area contributed by atoms with Crippen LogP contribution in [0.4, 0.5) is 0 Å². The third kappa shape index (κ3) is 4.33. The summed E-state index contributed by atoms with van der Waals surface area (Å²) < 4.78 is 4.34. The molecule has 12 nitrogen and oxygen atoms in total. The quantitative estimate of drug-likeness (QED) is 0.0849. The number of carbonyl (C=O) groups excluding carboxylic acids is 2. The van der Waals surface area contributed by atoms with E-state index >= 15 is 0 Å². The topological polar surface area (TPSA) is 195 Å². The zero-order valence-corrected chi connectivity index (χ0v) is 10.5. The van der Waals surface area contributed by atoms with E-state index in [1.54, 1.807) is 0 Å². The molecule has 109 valence electrons. The van der Waals surface area contributed by atoms with Gasteiger partial charge in [-0.15, -0.1) is 10.2 Å². The van der Waals surface area contributed by atoms with Gasteiger partial charge in [0.05, 0.1) is 0 Å². The number of hydrogen-bond acceptors (Lipinski definition) is 10. The first-order valence-corrected chi connectivity index (χ1v) is 4.54. The number of rotatable bonds is 3. The summed E-state index contributed by atoms with van der Waals surface area (Å²) in [6.07, 6.45) is 0. The van der Waals surface area contributed by atoms with Gasteiger partial charge in [-0.1, -0.05) is 0 Å². The molecule has 1 aliphatic rings. The maximum Gasteiger partial charge on any atom is 0.344 e. The van der Waals surface area contributed by atoms with Gasteiger partial charge in [-0.2, -0.15) is 0 Å². The van der Waals surface area contributed by atoms with E-state index in [4.69, 9.17) is 17.3 Å². The van der Waals surface area contributed by atoms with Crippen molar-refractivity contribution in [2.45, 2.75) is 18.8 Å². The molecule has 7 N–H and O–H groups in total. The predicted octanol–water partition coefficient (Wildman–Crippen LogP) is -2.33. The predicted molar refractivity (Wildman–Crippen MR) is 56.1 cm³/mol. The number of hydrazine groups is 1. The number of nitrogens with one attached hydrogen (secondary N) is 1. The Labute approximate surface area is 117 Å². The van der Waals surface area contributed by atoms with Crippen LogP contribution in [0, 0.1) is 0 Å². The number of carbonyl (C=O) groups is 2. The minimum absolute atomic E-state index is 0. The van der Waals surface area contributed by atoms with Crippen LogP contribution in [0.25, 0.3) is 0 Å². The van der Waals surface area contributed by atoms with Gasteiger partial charge in [0.25, 0.3) is 5.79 Å². The minimum Gasteiger partial charge on any atom is -0.392 e. The van der Waals surface area contributed by atoms with Crippen molar-refractivity contribution in [2.24, 2.45) is 43.0 Å². The molecule has 0 bridgehead atoms. The third-order valence-electron chi connectivity index (χ3n) is 1.74. The molecule has 1 unspecified atom stereocenters. The number of hydrogen-bond donors (Lipinski definition) is 4. The minimum atomic E-state index is -1.92. The third-order valence-corrected chi connectivity index (χ3v) is 1.74. The molecule has 1 atom stereocenters. The zero-order valence-electron chi connectivity index (χ0n) is 9.57. The first kappa shape index (κ1) is 17.0. The summed E-state index contributed by atoms with van der Waals surface area (Å²) in [5.74, 6) is 0.776. The van der Waals surface area contributed by atoms with E-state index in [0.29, 0.717) is 0 Å². The van der Waals surface area contributed by atoms with Crippen molar-refractivity contribution in [3.05, 3.63) is 0 Å². The Kier molecular flexibility index (Phi) is 6.14. The molecule has 0 aromatic heterocycles. The summed E-state index contributed by atoms with van der Waals surface area (Å²) in [4.78, 5) is 26.0. The van der Waals surface area contributed by atoms with Crippen LogP contribution < -0.4 is 22.7 Å². The van der Waals surface area contributed by atoms with Crippen LogP contribution in [0.15, 0.2) is 25.7 Å². The second kappa shape index (κ2) is 6.84. The van der Waals surface area contributed by atoms with Crippen LogP contribution >= 0.6 is 0 Å². The second-order valence-electron chi connectivity index (χ2n) is 3.14. The Hall–Kier alpha value is -1.95. The first-order chi connectivity index (χ1) is 8.39. The summed E-state index contributed by atoms with van der Waals surface area (Å²) in [5.41, 5.74) is 12.9. The maximum atomic E-state index is 11.6. The molecule has 13 heteroatoms. The molecule has 0 amide bonds. The van der Waals surface area contributed by atoms with Gasteiger partial charge in [-0.3, -0.25) is 16.0 Å². The fourth-order valence-electron chi connectivity index (χ4n) is 1.01. The molecule has 0 aliphatic carbocycles. The molecule has 0 saturated heterocycles. The molecule has 0 saturated carbocycles. The number of nitrogens with two attached hydrogens (primary N) is 3. The van der Waals surface area contributed by atoms with Crippen molar-refractivity contribution in [1.29, 1.82) is 0 Å². The number of guanidine groups is 1. The van der Waals surface area contributed by atoms with Crippen LogP contribution in [-0.4, -0.2) is 29.7 Å². The van der Waals surface area contributed by atoms with E-state index in [0.717, 1.165) is 6.92 Å². The van der Waals surface area contributed by atoms with Crippen LogP contribution in [0.5, 0.6) is 0 Å². The monoisotopic (exact) mass is 320 g/mol. The maximum absolute atomic E-state index is 11.6. The second-order valence-corrected chi connectivity index (χ2v) is 3.14. The van der Waals surface area contributed by atoms with Crippen molar-refractivity contribution in [3.63, 3.8) is 0 Å². The van der Waals surface area contributed by atoms with E-state index in [1.165, 1.54) is 0 Å². The van der Waals surface area contributed by atoms with Crippen molar-refractivity contribution >= 4 is 17.9 Å². The molecule has 1 aliphatic heterocycles. The molecule has 0 aromatic rings. The summed E-state index contributed by atoms with van der Waals surface area (Å²) in [5, 5.41) is 13.1. The van der Waals surface area contributed by atoms with Crippen molar-refractivity contribution in [1.82, 2.24) is 5.43 Å². The number of esters is 2. The van der Waals surface area contributed by atoms with Gasteiger partial charge in [-0.25, -0.2) is 15.6 Å². The molecule has 1 radical (unpaired) electrons. The SMILES string of the molecule is CC(=O)OC(=O)C(N=C(N)NN)C1(N)N=NN=N1.[Cu]. The molecule has 19 heavy (non-hydrogen) atoms. The van der Waals surface area contributed by atoms with E-state index in [-0.39, 0.29) is 23.0 Å². The van der Waals surface area contributed by atoms with Crippen LogP contribution in [0.2, 0.25) is 0 Å². The van der Waals surface area contributed by atoms with Gasteiger partial charge in [0.15, 0.2) is 0 Å². The Morgan fingerprint density at radius 2 is 1.89 bits per heavy atom. The van der Waals surface area contributed by atoms with Crippen LogP contribution in [-0.2, 0) is 31.4 Å². The number of aliphatic imine (C=N–C) groups is 1. The van der Waals surface area contributed by atoms with E-state index in [1.807, 2.05) is 5.43 Å². The Balaban J connectivity index is 0.00000324. The molecular weight excluding hydrogens is 310 g/mol. The van der Waals surface area contributed by atoms with Crippen molar-refractivity contribution in [3.8, 4) is 0 Å². The molecule has 0 spiro atoms. The Morgan fingerprint density at radius 3 is 2.32 bits per heavy atom. The van der Waals surface area contributed by atoms with Gasteiger partial charge in [-0.05, 0) is 10.4 Å². The van der Waals surface area contributed by atoms with Crippen LogP contribution in [0.3, 0.4) is 0 Å². The fraction of sp³-hybridized carbons (Fsp3) is 0.500. The smallest absolute Gasteiger partial charge is 0.344 e. The van der Waals surface area contributed by atoms with E-state index < -0.39 is 23.8 Å². The molecular formula is C6H11CuN9O3. The van der Waals surface area contributed by atoms with Gasteiger partial charge in [0.1, 0.15) is 0 Å². The summed E-state index contributed by atoms with van der Waals surface area (Å²) in [7, 11) is 0. The summed E-state index contributed by atoms with van der Waals surface area (Å²) in [6, 6.07) is -1.55. The van der Waals surface area contributed by atoms with Gasteiger partial charge < -0.3 is 10.5 Å². The Bertz CT molecular complexity index is 435. The Morgan fingerprint density at radius 1 is 1.37 bits per heavy atom. The number of ether oxygens (including phenoxy) is 1.